The highest BCUT2D eigenvalue weighted by molar-refractivity contribution is 5.60. The minimum atomic E-state index is -0.234. The molecule has 0 spiro atoms. The fourth-order valence-corrected chi connectivity index (χ4v) is 2.01. The van der Waals surface area contributed by atoms with E-state index >= 15 is 0 Å². The van der Waals surface area contributed by atoms with E-state index in [0.717, 1.165) is 11.3 Å². The van der Waals surface area contributed by atoms with Crippen LogP contribution in [0.15, 0.2) is 35.1 Å². The molecule has 114 valence electrons. The van der Waals surface area contributed by atoms with Gasteiger partial charge in [-0.1, -0.05) is 13.8 Å². The largest absolute Gasteiger partial charge is 0.493 e. The molecule has 0 bridgehead atoms. The van der Waals surface area contributed by atoms with Gasteiger partial charge < -0.3 is 4.74 Å². The standard InChI is InChI=1S/C17H19N3O2/c1-12(2)11-22-15-6-4-13(5-7-15)16-10-14(8-9-18)17(21)20(3)19-16/h4-7,10,12H,8,11H2,1-3H3. The van der Waals surface area contributed by atoms with Crippen LogP contribution in [0.4, 0.5) is 0 Å². The SMILES string of the molecule is CC(C)COc1ccc(-c2cc(CC#N)c(=O)n(C)n2)cc1. The monoisotopic (exact) mass is 297 g/mol. The van der Waals surface area contributed by atoms with Crippen molar-refractivity contribution >= 4 is 0 Å². The lowest BCUT2D eigenvalue weighted by atomic mass is 10.1. The number of hydrogen-bond acceptors (Lipinski definition) is 4. The molecule has 2 rings (SSSR count). The van der Waals surface area contributed by atoms with Gasteiger partial charge in [0.05, 0.1) is 24.8 Å². The first-order chi connectivity index (χ1) is 10.5. The zero-order valence-corrected chi connectivity index (χ0v) is 13.0. The average molecular weight is 297 g/mol. The second kappa shape index (κ2) is 6.90. The third kappa shape index (κ3) is 3.73. The van der Waals surface area contributed by atoms with Gasteiger partial charge in [0, 0.05) is 18.2 Å². The molecule has 0 radical (unpaired) electrons. The number of nitriles is 1. The Kier molecular flexibility index (Phi) is 4.95. The first-order valence-electron chi connectivity index (χ1n) is 7.18. The first kappa shape index (κ1) is 15.8. The molecule has 1 aromatic carbocycles. The fraction of sp³-hybridized carbons (Fsp3) is 0.353. The zero-order valence-electron chi connectivity index (χ0n) is 13.0. The predicted molar refractivity (Wildman–Crippen MR) is 84.6 cm³/mol. The Bertz CT molecular complexity index is 740. The molecule has 0 N–H and O–H groups in total. The quantitative estimate of drug-likeness (QED) is 0.850. The molecule has 2 aromatic rings. The molecule has 1 aromatic heterocycles. The molecule has 0 amide bonds. The van der Waals surface area contributed by atoms with Crippen LogP contribution in [0, 0.1) is 17.2 Å². The molecular weight excluding hydrogens is 278 g/mol. The summed E-state index contributed by atoms with van der Waals surface area (Å²) < 4.78 is 6.91. The van der Waals surface area contributed by atoms with Gasteiger partial charge >= 0.3 is 0 Å². The van der Waals surface area contributed by atoms with Crippen LogP contribution in [-0.4, -0.2) is 16.4 Å². The van der Waals surface area contributed by atoms with Gasteiger partial charge in [-0.15, -0.1) is 0 Å². The fourth-order valence-electron chi connectivity index (χ4n) is 2.01. The molecule has 0 aliphatic carbocycles. The van der Waals surface area contributed by atoms with Gasteiger partial charge in [0.15, 0.2) is 0 Å². The van der Waals surface area contributed by atoms with E-state index in [4.69, 9.17) is 10.00 Å². The zero-order chi connectivity index (χ0) is 16.1. The minimum absolute atomic E-state index is 0.0811. The Labute approximate surface area is 129 Å². The molecule has 0 saturated heterocycles. The topological polar surface area (TPSA) is 67.9 Å². The summed E-state index contributed by atoms with van der Waals surface area (Å²) in [6, 6.07) is 11.3. The van der Waals surface area contributed by atoms with Crippen molar-refractivity contribution in [3.8, 4) is 23.1 Å². The molecule has 0 aliphatic rings. The summed E-state index contributed by atoms with van der Waals surface area (Å²) in [5.74, 6) is 1.28. The van der Waals surface area contributed by atoms with Crippen LogP contribution in [0.2, 0.25) is 0 Å². The Morgan fingerprint density at radius 3 is 2.59 bits per heavy atom. The molecule has 0 fully saturated rings. The number of ether oxygens (including phenoxy) is 1. The van der Waals surface area contributed by atoms with Crippen molar-refractivity contribution in [2.24, 2.45) is 13.0 Å². The van der Waals surface area contributed by atoms with Crippen LogP contribution in [0.3, 0.4) is 0 Å². The van der Waals surface area contributed by atoms with E-state index < -0.39 is 0 Å². The molecule has 5 nitrogen and oxygen atoms in total. The summed E-state index contributed by atoms with van der Waals surface area (Å²) in [6.07, 6.45) is 0.0811. The molecule has 0 atom stereocenters. The number of rotatable bonds is 5. The van der Waals surface area contributed by atoms with Gasteiger partial charge in [0.25, 0.3) is 5.56 Å². The summed E-state index contributed by atoms with van der Waals surface area (Å²) in [4.78, 5) is 11.9. The lowest BCUT2D eigenvalue weighted by molar-refractivity contribution is 0.271. The maximum atomic E-state index is 11.9. The first-order valence-corrected chi connectivity index (χ1v) is 7.18. The predicted octanol–water partition coefficient (Wildman–Crippen LogP) is 2.55. The lowest BCUT2D eigenvalue weighted by Gasteiger charge is -2.10. The van der Waals surface area contributed by atoms with Gasteiger partial charge in [-0.25, -0.2) is 4.68 Å². The third-order valence-electron chi connectivity index (χ3n) is 3.14. The van der Waals surface area contributed by atoms with Crippen molar-refractivity contribution < 1.29 is 4.74 Å². The van der Waals surface area contributed by atoms with Gasteiger partial charge in [0.2, 0.25) is 0 Å². The maximum Gasteiger partial charge on any atom is 0.270 e. The number of benzene rings is 1. The Morgan fingerprint density at radius 1 is 1.32 bits per heavy atom. The van der Waals surface area contributed by atoms with E-state index in [0.29, 0.717) is 23.8 Å². The Hall–Kier alpha value is -2.61. The number of hydrogen-bond donors (Lipinski definition) is 0. The molecular formula is C17H19N3O2. The van der Waals surface area contributed by atoms with Crippen LogP contribution < -0.4 is 10.3 Å². The van der Waals surface area contributed by atoms with E-state index in [1.807, 2.05) is 30.3 Å². The second-order valence-corrected chi connectivity index (χ2v) is 5.55. The Balaban J connectivity index is 2.28. The van der Waals surface area contributed by atoms with E-state index in [2.05, 4.69) is 18.9 Å². The van der Waals surface area contributed by atoms with E-state index in [9.17, 15) is 4.79 Å². The summed E-state index contributed by atoms with van der Waals surface area (Å²) >= 11 is 0. The smallest absolute Gasteiger partial charge is 0.270 e. The van der Waals surface area contributed by atoms with Gasteiger partial charge in [0.1, 0.15) is 5.75 Å². The van der Waals surface area contributed by atoms with Crippen molar-refractivity contribution in [3.63, 3.8) is 0 Å². The van der Waals surface area contributed by atoms with Crippen molar-refractivity contribution in [1.82, 2.24) is 9.78 Å². The van der Waals surface area contributed by atoms with Crippen LogP contribution >= 0.6 is 0 Å². The van der Waals surface area contributed by atoms with Crippen LogP contribution in [0.25, 0.3) is 11.3 Å². The molecule has 5 heteroatoms. The molecule has 22 heavy (non-hydrogen) atoms. The van der Waals surface area contributed by atoms with Crippen LogP contribution in [-0.2, 0) is 13.5 Å². The number of aryl methyl sites for hydroxylation is 1. The molecule has 0 unspecified atom stereocenters. The average Bonchev–Trinajstić information content (AvgIpc) is 2.50. The molecule has 1 heterocycles. The van der Waals surface area contributed by atoms with Gasteiger partial charge in [-0.3, -0.25) is 4.79 Å². The highest BCUT2D eigenvalue weighted by Crippen LogP contribution is 2.21. The normalized spacial score (nSPS) is 10.5. The summed E-state index contributed by atoms with van der Waals surface area (Å²) in [6.45, 7) is 4.86. The van der Waals surface area contributed by atoms with Gasteiger partial charge in [-0.2, -0.15) is 10.4 Å². The minimum Gasteiger partial charge on any atom is -0.493 e. The Morgan fingerprint density at radius 2 is 2.00 bits per heavy atom. The van der Waals surface area contributed by atoms with Gasteiger partial charge in [-0.05, 0) is 36.2 Å². The van der Waals surface area contributed by atoms with Crippen molar-refractivity contribution in [2.75, 3.05) is 6.61 Å². The number of aromatic nitrogens is 2. The van der Waals surface area contributed by atoms with Crippen molar-refractivity contribution in [3.05, 3.63) is 46.2 Å². The van der Waals surface area contributed by atoms with Crippen molar-refractivity contribution in [2.45, 2.75) is 20.3 Å². The summed E-state index contributed by atoms with van der Waals surface area (Å²) in [7, 11) is 1.59. The van der Waals surface area contributed by atoms with E-state index in [1.165, 1.54) is 4.68 Å². The summed E-state index contributed by atoms with van der Waals surface area (Å²) in [5, 5.41) is 13.0. The number of nitrogens with zero attached hydrogens (tertiary/aromatic N) is 3. The summed E-state index contributed by atoms with van der Waals surface area (Å²) in [5.41, 5.74) is 1.77. The molecule has 0 saturated carbocycles. The van der Waals surface area contributed by atoms with Crippen LogP contribution in [0.5, 0.6) is 5.75 Å². The van der Waals surface area contributed by atoms with E-state index in [1.54, 1.807) is 13.1 Å². The highest BCUT2D eigenvalue weighted by atomic mass is 16.5. The molecule has 0 aliphatic heterocycles. The second-order valence-electron chi connectivity index (χ2n) is 5.55. The highest BCUT2D eigenvalue weighted by Gasteiger charge is 2.08. The lowest BCUT2D eigenvalue weighted by Crippen LogP contribution is -2.23. The maximum absolute atomic E-state index is 11.9. The third-order valence-corrected chi connectivity index (χ3v) is 3.14. The van der Waals surface area contributed by atoms with Crippen molar-refractivity contribution in [1.29, 1.82) is 5.26 Å². The van der Waals surface area contributed by atoms with E-state index in [-0.39, 0.29) is 12.0 Å². The van der Waals surface area contributed by atoms with Crippen LogP contribution in [0.1, 0.15) is 19.4 Å².